The lowest BCUT2D eigenvalue weighted by Crippen LogP contribution is -2.42. The molecule has 3 N–H and O–H groups in total. The van der Waals surface area contributed by atoms with Crippen molar-refractivity contribution in [1.29, 1.82) is 0 Å². The fourth-order valence-corrected chi connectivity index (χ4v) is 2.75. The second-order valence-electron chi connectivity index (χ2n) is 5.34. The van der Waals surface area contributed by atoms with Crippen molar-refractivity contribution < 1.29 is 9.18 Å². The van der Waals surface area contributed by atoms with Crippen LogP contribution in [0.4, 0.5) is 4.39 Å². The lowest BCUT2D eigenvalue weighted by molar-refractivity contribution is -0.123. The lowest BCUT2D eigenvalue weighted by atomic mass is 9.91. The fourth-order valence-electron chi connectivity index (χ4n) is 2.75. The monoisotopic (exact) mass is 300 g/mol. The minimum Gasteiger partial charge on any atom is -0.348 e. The van der Waals surface area contributed by atoms with Crippen LogP contribution in [0.25, 0.3) is 0 Å². The van der Waals surface area contributed by atoms with E-state index in [9.17, 15) is 9.18 Å². The Balaban J connectivity index is 0.00000200. The maximum Gasteiger partial charge on any atom is 0.237 e. The average molecular weight is 301 g/mol. The summed E-state index contributed by atoms with van der Waals surface area (Å²) in [6, 6.07) is 5.82. The summed E-state index contributed by atoms with van der Waals surface area (Å²) in [7, 11) is 0. The third-order valence-corrected chi connectivity index (χ3v) is 3.82. The van der Waals surface area contributed by atoms with Crippen LogP contribution in [0.5, 0.6) is 0 Å². The van der Waals surface area contributed by atoms with E-state index in [-0.39, 0.29) is 30.2 Å². The van der Waals surface area contributed by atoms with E-state index in [1.54, 1.807) is 25.1 Å². The largest absolute Gasteiger partial charge is 0.348 e. The van der Waals surface area contributed by atoms with E-state index in [1.807, 2.05) is 0 Å². The van der Waals surface area contributed by atoms with Gasteiger partial charge in [-0.25, -0.2) is 4.39 Å². The van der Waals surface area contributed by atoms with Crippen molar-refractivity contribution in [3.8, 4) is 0 Å². The molecule has 5 heteroatoms. The topological polar surface area (TPSA) is 55.1 Å². The van der Waals surface area contributed by atoms with Gasteiger partial charge < -0.3 is 11.1 Å². The Morgan fingerprint density at radius 1 is 1.35 bits per heavy atom. The lowest BCUT2D eigenvalue weighted by Gasteiger charge is -2.26. The smallest absolute Gasteiger partial charge is 0.237 e. The molecule has 20 heavy (non-hydrogen) atoms. The van der Waals surface area contributed by atoms with Gasteiger partial charge in [0, 0.05) is 5.56 Å². The molecule has 2 atom stereocenters. The standard InChI is InChI=1S/C15H21FN2O.ClH/c1-10(17)15(19)18-14(11-6-2-3-7-11)12-8-4-5-9-13(12)16;/h4-5,8-11,14H,2-3,6-7,17H2,1H3,(H,18,19);1H/t10-,14?;/m1./s1. The molecule has 0 aromatic heterocycles. The van der Waals surface area contributed by atoms with Gasteiger partial charge in [0.05, 0.1) is 12.1 Å². The third kappa shape index (κ3) is 3.93. The molecule has 0 radical (unpaired) electrons. The SMILES string of the molecule is C[C@@H](N)C(=O)NC(c1ccccc1F)C1CCCC1.Cl. The van der Waals surface area contributed by atoms with Gasteiger partial charge in [-0.2, -0.15) is 0 Å². The number of hydrogen-bond donors (Lipinski definition) is 2. The first kappa shape index (κ1) is 16.9. The Hall–Kier alpha value is -1.13. The molecule has 0 saturated heterocycles. The molecule has 1 aliphatic rings. The Bertz CT molecular complexity index is 447. The first-order valence-corrected chi connectivity index (χ1v) is 6.90. The summed E-state index contributed by atoms with van der Waals surface area (Å²) in [5, 5.41) is 2.91. The molecule has 1 aliphatic carbocycles. The predicted molar refractivity (Wildman–Crippen MR) is 80.1 cm³/mol. The summed E-state index contributed by atoms with van der Waals surface area (Å²) in [6.07, 6.45) is 4.34. The van der Waals surface area contributed by atoms with Crippen LogP contribution in [0.3, 0.4) is 0 Å². The summed E-state index contributed by atoms with van der Waals surface area (Å²) < 4.78 is 14.0. The Labute approximate surface area is 125 Å². The highest BCUT2D eigenvalue weighted by molar-refractivity contribution is 5.85. The van der Waals surface area contributed by atoms with E-state index in [0.717, 1.165) is 25.7 Å². The molecule has 0 heterocycles. The number of carbonyl (C=O) groups is 1. The summed E-state index contributed by atoms with van der Waals surface area (Å²) in [6.45, 7) is 1.64. The zero-order chi connectivity index (χ0) is 13.8. The third-order valence-electron chi connectivity index (χ3n) is 3.82. The molecule has 1 unspecified atom stereocenters. The van der Waals surface area contributed by atoms with Crippen LogP contribution in [-0.4, -0.2) is 11.9 Å². The molecule has 1 amide bonds. The second-order valence-corrected chi connectivity index (χ2v) is 5.34. The number of benzene rings is 1. The van der Waals surface area contributed by atoms with Crippen molar-refractivity contribution in [2.24, 2.45) is 11.7 Å². The molecule has 1 fully saturated rings. The van der Waals surface area contributed by atoms with Crippen LogP contribution in [0.2, 0.25) is 0 Å². The minimum absolute atomic E-state index is 0. The van der Waals surface area contributed by atoms with Crippen LogP contribution >= 0.6 is 12.4 Å². The van der Waals surface area contributed by atoms with Crippen LogP contribution in [-0.2, 0) is 4.79 Å². The number of nitrogens with one attached hydrogen (secondary N) is 1. The molecule has 0 bridgehead atoms. The van der Waals surface area contributed by atoms with Gasteiger partial charge in [0.15, 0.2) is 0 Å². The maximum absolute atomic E-state index is 14.0. The number of carbonyl (C=O) groups excluding carboxylic acids is 1. The molecular weight excluding hydrogens is 279 g/mol. The number of nitrogens with two attached hydrogens (primary N) is 1. The first-order valence-electron chi connectivity index (χ1n) is 6.90. The Kier molecular flexibility index (Phi) is 6.43. The van der Waals surface area contributed by atoms with Crippen LogP contribution < -0.4 is 11.1 Å². The highest BCUT2D eigenvalue weighted by Crippen LogP contribution is 2.36. The summed E-state index contributed by atoms with van der Waals surface area (Å²) in [5.74, 6) is -0.177. The van der Waals surface area contributed by atoms with E-state index in [1.165, 1.54) is 6.07 Å². The van der Waals surface area contributed by atoms with E-state index < -0.39 is 6.04 Å². The molecule has 3 nitrogen and oxygen atoms in total. The summed E-state index contributed by atoms with van der Waals surface area (Å²) in [5.41, 5.74) is 6.17. The van der Waals surface area contributed by atoms with E-state index >= 15 is 0 Å². The molecule has 0 aliphatic heterocycles. The van der Waals surface area contributed by atoms with Crippen molar-refractivity contribution in [3.05, 3.63) is 35.6 Å². The summed E-state index contributed by atoms with van der Waals surface area (Å²) in [4.78, 5) is 11.8. The van der Waals surface area contributed by atoms with Crippen molar-refractivity contribution in [3.63, 3.8) is 0 Å². The molecule has 2 rings (SSSR count). The zero-order valence-electron chi connectivity index (χ0n) is 11.6. The van der Waals surface area contributed by atoms with E-state index in [2.05, 4.69) is 5.32 Å². The van der Waals surface area contributed by atoms with Gasteiger partial charge in [0.2, 0.25) is 5.91 Å². The molecule has 112 valence electrons. The molecular formula is C15H22ClFN2O. The van der Waals surface area contributed by atoms with Crippen molar-refractivity contribution in [1.82, 2.24) is 5.32 Å². The second kappa shape index (κ2) is 7.60. The van der Waals surface area contributed by atoms with E-state index in [0.29, 0.717) is 11.5 Å². The van der Waals surface area contributed by atoms with Gasteiger partial charge in [-0.3, -0.25) is 4.79 Å². The van der Waals surface area contributed by atoms with Gasteiger partial charge in [-0.05, 0) is 31.7 Å². The van der Waals surface area contributed by atoms with Gasteiger partial charge >= 0.3 is 0 Å². The number of amides is 1. The molecule has 1 saturated carbocycles. The molecule has 1 aromatic rings. The number of hydrogen-bond acceptors (Lipinski definition) is 2. The number of rotatable bonds is 4. The van der Waals surface area contributed by atoms with Crippen molar-refractivity contribution in [2.75, 3.05) is 0 Å². The van der Waals surface area contributed by atoms with Crippen LogP contribution in [0, 0.1) is 11.7 Å². The summed E-state index contributed by atoms with van der Waals surface area (Å²) >= 11 is 0. The van der Waals surface area contributed by atoms with Crippen molar-refractivity contribution >= 4 is 18.3 Å². The fraction of sp³-hybridized carbons (Fsp3) is 0.533. The average Bonchev–Trinajstić information content (AvgIpc) is 2.90. The number of halogens is 2. The zero-order valence-corrected chi connectivity index (χ0v) is 12.5. The normalized spacial score (nSPS) is 18.1. The highest BCUT2D eigenvalue weighted by Gasteiger charge is 2.29. The van der Waals surface area contributed by atoms with Crippen LogP contribution in [0.1, 0.15) is 44.2 Å². The maximum atomic E-state index is 14.0. The van der Waals surface area contributed by atoms with Gasteiger partial charge in [-0.15, -0.1) is 12.4 Å². The minimum atomic E-state index is -0.573. The highest BCUT2D eigenvalue weighted by atomic mass is 35.5. The van der Waals surface area contributed by atoms with Gasteiger partial charge in [-0.1, -0.05) is 31.0 Å². The predicted octanol–water partition coefficient (Wildman–Crippen LogP) is 2.94. The van der Waals surface area contributed by atoms with Crippen molar-refractivity contribution in [2.45, 2.75) is 44.7 Å². The Morgan fingerprint density at radius 3 is 2.50 bits per heavy atom. The quantitative estimate of drug-likeness (QED) is 0.898. The molecule has 0 spiro atoms. The Morgan fingerprint density at radius 2 is 1.95 bits per heavy atom. The van der Waals surface area contributed by atoms with Crippen LogP contribution in [0.15, 0.2) is 24.3 Å². The van der Waals surface area contributed by atoms with Gasteiger partial charge in [0.25, 0.3) is 0 Å². The van der Waals surface area contributed by atoms with Gasteiger partial charge in [0.1, 0.15) is 5.82 Å². The first-order chi connectivity index (χ1) is 9.09. The van der Waals surface area contributed by atoms with E-state index in [4.69, 9.17) is 5.73 Å². The molecule has 1 aromatic carbocycles.